The normalized spacial score (nSPS) is 48.3. The van der Waals surface area contributed by atoms with Crippen molar-refractivity contribution in [3.63, 3.8) is 0 Å². The minimum Gasteiger partial charge on any atom is -0.390 e. The third-order valence-corrected chi connectivity index (χ3v) is 11.1. The van der Waals surface area contributed by atoms with Crippen LogP contribution in [0.25, 0.3) is 0 Å². The Morgan fingerprint density at radius 2 is 1.69 bits per heavy atom. The Hall–Kier alpha value is -0.510. The minimum absolute atomic E-state index is 0.215. The molecule has 0 aromatic heterocycles. The summed E-state index contributed by atoms with van der Waals surface area (Å²) >= 11 is 0. The van der Waals surface area contributed by atoms with Crippen LogP contribution >= 0.6 is 0 Å². The van der Waals surface area contributed by atoms with Gasteiger partial charge in [0.05, 0.1) is 11.5 Å². The first-order valence-corrected chi connectivity index (χ1v) is 13.2. The molecule has 0 aliphatic heterocycles. The zero-order chi connectivity index (χ0) is 23.7. The summed E-state index contributed by atoms with van der Waals surface area (Å²) < 4.78 is 39.1. The molecule has 4 heteroatoms. The molecule has 3 saturated carbocycles. The second-order valence-electron chi connectivity index (χ2n) is 13.2. The van der Waals surface area contributed by atoms with Gasteiger partial charge in [-0.2, -0.15) is 13.2 Å². The maximum absolute atomic E-state index is 13.0. The van der Waals surface area contributed by atoms with E-state index >= 15 is 0 Å². The first-order valence-electron chi connectivity index (χ1n) is 13.2. The van der Waals surface area contributed by atoms with Crippen LogP contribution in [0.5, 0.6) is 0 Å². The molecule has 1 N–H and O–H groups in total. The summed E-state index contributed by atoms with van der Waals surface area (Å²) in [6, 6.07) is 0. The van der Waals surface area contributed by atoms with Gasteiger partial charge in [0, 0.05) is 0 Å². The lowest BCUT2D eigenvalue weighted by Gasteiger charge is -2.60. The summed E-state index contributed by atoms with van der Waals surface area (Å²) in [5.41, 5.74) is 1.41. The van der Waals surface area contributed by atoms with Crippen LogP contribution in [-0.2, 0) is 0 Å². The number of allylic oxidation sites excluding steroid dienone is 1. The van der Waals surface area contributed by atoms with E-state index in [1.807, 2.05) is 6.92 Å². The van der Waals surface area contributed by atoms with E-state index in [1.165, 1.54) is 38.2 Å². The highest BCUT2D eigenvalue weighted by Crippen LogP contribution is 2.68. The van der Waals surface area contributed by atoms with E-state index in [0.29, 0.717) is 41.9 Å². The molecule has 0 spiro atoms. The molecule has 0 amide bonds. The molecule has 0 aromatic rings. The van der Waals surface area contributed by atoms with Crippen LogP contribution in [0.4, 0.5) is 13.2 Å². The van der Waals surface area contributed by atoms with E-state index in [1.54, 1.807) is 0 Å². The highest BCUT2D eigenvalue weighted by molar-refractivity contribution is 5.28. The number of fused-ring (bicyclic) bond motifs is 5. The SMILES string of the molecule is CC1C=C2C[C@@](C)(O)CCC2(C)[C@H]2CCC3(C)C(CCC3[C@H](C)CCC(C)C(F)(F)F)C12. The van der Waals surface area contributed by atoms with Gasteiger partial charge in [-0.1, -0.05) is 46.3 Å². The van der Waals surface area contributed by atoms with Gasteiger partial charge in [-0.3, -0.25) is 0 Å². The minimum atomic E-state index is -4.07. The van der Waals surface area contributed by atoms with Crippen molar-refractivity contribution in [1.29, 1.82) is 0 Å². The van der Waals surface area contributed by atoms with Crippen molar-refractivity contribution < 1.29 is 18.3 Å². The van der Waals surface area contributed by atoms with Crippen molar-refractivity contribution in [3.05, 3.63) is 11.6 Å². The highest BCUT2D eigenvalue weighted by atomic mass is 19.4. The van der Waals surface area contributed by atoms with E-state index in [2.05, 4.69) is 33.8 Å². The van der Waals surface area contributed by atoms with Crippen molar-refractivity contribution in [2.24, 2.45) is 52.3 Å². The van der Waals surface area contributed by atoms with Crippen LogP contribution < -0.4 is 0 Å². The van der Waals surface area contributed by atoms with Crippen LogP contribution in [0.2, 0.25) is 0 Å². The quantitative estimate of drug-likeness (QED) is 0.425. The largest absolute Gasteiger partial charge is 0.391 e. The third-order valence-electron chi connectivity index (χ3n) is 11.1. The molecule has 0 bridgehead atoms. The van der Waals surface area contributed by atoms with Gasteiger partial charge in [-0.15, -0.1) is 0 Å². The number of hydrogen-bond donors (Lipinski definition) is 1. The standard InChI is InChI=1S/C28H45F3O/c1-17(7-8-19(3)28(29,30)31)21-9-10-22-24-18(2)15-20-16-25(4,32)13-14-26(20,5)23(24)11-12-27(21,22)6/h15,17-19,21-24,32H,7-14,16H2,1-6H3/t17-,18?,19?,21?,22?,23+,24?,25+,26?,27?/m1/s1. The Kier molecular flexibility index (Phi) is 6.17. The fourth-order valence-corrected chi connectivity index (χ4v) is 9.02. The van der Waals surface area contributed by atoms with Gasteiger partial charge in [0.25, 0.3) is 0 Å². The van der Waals surface area contributed by atoms with Crippen molar-refractivity contribution in [2.75, 3.05) is 0 Å². The van der Waals surface area contributed by atoms with Gasteiger partial charge >= 0.3 is 6.18 Å². The molecule has 0 aromatic carbocycles. The van der Waals surface area contributed by atoms with Crippen LogP contribution in [-0.4, -0.2) is 16.9 Å². The monoisotopic (exact) mass is 454 g/mol. The van der Waals surface area contributed by atoms with Gasteiger partial charge in [0.15, 0.2) is 0 Å². The van der Waals surface area contributed by atoms with Gasteiger partial charge in [0.2, 0.25) is 0 Å². The molecule has 4 aliphatic rings. The van der Waals surface area contributed by atoms with Gasteiger partial charge in [-0.05, 0) is 111 Å². The predicted molar refractivity (Wildman–Crippen MR) is 124 cm³/mol. The number of aliphatic hydroxyl groups is 1. The zero-order valence-electron chi connectivity index (χ0n) is 21.1. The second-order valence-corrected chi connectivity index (χ2v) is 13.2. The molecule has 1 nitrogen and oxygen atoms in total. The first kappa shape index (κ1) is 24.6. The molecule has 4 rings (SSSR count). The molecule has 7 unspecified atom stereocenters. The Bertz CT molecular complexity index is 739. The van der Waals surface area contributed by atoms with Gasteiger partial charge in [-0.25, -0.2) is 0 Å². The van der Waals surface area contributed by atoms with Crippen LogP contribution in [0.3, 0.4) is 0 Å². The van der Waals surface area contributed by atoms with E-state index in [-0.39, 0.29) is 17.3 Å². The maximum atomic E-state index is 13.0. The average Bonchev–Trinajstić information content (AvgIpc) is 3.03. The van der Waals surface area contributed by atoms with E-state index < -0.39 is 17.7 Å². The topological polar surface area (TPSA) is 20.2 Å². The summed E-state index contributed by atoms with van der Waals surface area (Å²) in [6.07, 6.45) is 7.05. The van der Waals surface area contributed by atoms with Crippen molar-refractivity contribution in [1.82, 2.24) is 0 Å². The molecular weight excluding hydrogens is 409 g/mol. The predicted octanol–water partition coefficient (Wildman–Crippen LogP) is 8.18. The summed E-state index contributed by atoms with van der Waals surface area (Å²) in [5.74, 6) is 2.28. The zero-order valence-corrected chi connectivity index (χ0v) is 21.1. The summed E-state index contributed by atoms with van der Waals surface area (Å²) in [7, 11) is 0. The first-order chi connectivity index (χ1) is 14.7. The molecule has 10 atom stereocenters. The number of rotatable bonds is 4. The van der Waals surface area contributed by atoms with E-state index in [4.69, 9.17) is 0 Å². The van der Waals surface area contributed by atoms with Crippen molar-refractivity contribution in [3.8, 4) is 0 Å². The number of alkyl halides is 3. The highest BCUT2D eigenvalue weighted by Gasteiger charge is 2.61. The smallest absolute Gasteiger partial charge is 0.390 e. The van der Waals surface area contributed by atoms with Crippen LogP contribution in [0.15, 0.2) is 11.6 Å². The molecule has 184 valence electrons. The average molecular weight is 455 g/mol. The van der Waals surface area contributed by atoms with Crippen LogP contribution in [0, 0.1) is 52.3 Å². The molecule has 0 heterocycles. The number of hydrogen-bond acceptors (Lipinski definition) is 1. The Morgan fingerprint density at radius 1 is 1.00 bits per heavy atom. The van der Waals surface area contributed by atoms with Crippen molar-refractivity contribution in [2.45, 2.75) is 111 Å². The molecule has 4 aliphatic carbocycles. The lowest BCUT2D eigenvalue weighted by molar-refractivity contribution is -0.172. The maximum Gasteiger partial charge on any atom is 0.391 e. The molecule has 0 saturated heterocycles. The lowest BCUT2D eigenvalue weighted by Crippen LogP contribution is -2.54. The fourth-order valence-electron chi connectivity index (χ4n) is 9.02. The molecular formula is C28H45F3O. The Morgan fingerprint density at radius 3 is 2.34 bits per heavy atom. The van der Waals surface area contributed by atoms with E-state index in [0.717, 1.165) is 19.3 Å². The summed E-state index contributed by atoms with van der Waals surface area (Å²) in [6.45, 7) is 12.9. The molecule has 3 fully saturated rings. The fraction of sp³-hybridized carbons (Fsp3) is 0.929. The second kappa shape index (κ2) is 8.02. The lowest BCUT2D eigenvalue weighted by atomic mass is 9.44. The Balaban J connectivity index is 1.53. The van der Waals surface area contributed by atoms with E-state index in [9.17, 15) is 18.3 Å². The Labute approximate surface area is 193 Å². The van der Waals surface area contributed by atoms with Gasteiger partial charge < -0.3 is 5.11 Å². The number of halogens is 3. The summed E-state index contributed by atoms with van der Waals surface area (Å²) in [5, 5.41) is 10.7. The molecule has 32 heavy (non-hydrogen) atoms. The van der Waals surface area contributed by atoms with Gasteiger partial charge in [0.1, 0.15) is 0 Å². The summed E-state index contributed by atoms with van der Waals surface area (Å²) in [4.78, 5) is 0. The van der Waals surface area contributed by atoms with Crippen LogP contribution in [0.1, 0.15) is 99.3 Å². The molecule has 0 radical (unpaired) electrons. The van der Waals surface area contributed by atoms with Crippen molar-refractivity contribution >= 4 is 0 Å². The third kappa shape index (κ3) is 3.99.